The molecule has 0 saturated carbocycles. The van der Waals surface area contributed by atoms with E-state index in [0.29, 0.717) is 0 Å². The summed E-state index contributed by atoms with van der Waals surface area (Å²) in [4.78, 5) is 4.02. The summed E-state index contributed by atoms with van der Waals surface area (Å²) in [5.74, 6) is 0. The summed E-state index contributed by atoms with van der Waals surface area (Å²) in [7, 11) is 0. The third-order valence-electron chi connectivity index (χ3n) is 5.40. The molecule has 5 aromatic carbocycles. The molecule has 0 amide bonds. The van der Waals surface area contributed by atoms with Crippen molar-refractivity contribution in [2.24, 2.45) is 0 Å². The van der Waals surface area contributed by atoms with Crippen LogP contribution in [0.3, 0.4) is 0 Å². The number of benzene rings is 5. The van der Waals surface area contributed by atoms with E-state index in [1.807, 2.05) is 36.4 Å². The van der Waals surface area contributed by atoms with Crippen LogP contribution < -0.4 is 14.1 Å². The molecule has 0 spiro atoms. The molecule has 4 heteroatoms. The van der Waals surface area contributed by atoms with Gasteiger partial charge in [-0.25, -0.2) is 0 Å². The molecule has 6 aromatic rings. The van der Waals surface area contributed by atoms with Gasteiger partial charge in [0.2, 0.25) is 11.4 Å². The molecule has 0 aliphatic carbocycles. The van der Waals surface area contributed by atoms with E-state index in [1.165, 1.54) is 0 Å². The molecule has 170 valence electrons. The number of hydrogen-bond acceptors (Lipinski definition) is 0. The van der Waals surface area contributed by atoms with Crippen molar-refractivity contribution in [3.05, 3.63) is 133 Å². The molecule has 0 unspecified atom stereocenters. The van der Waals surface area contributed by atoms with E-state index in [0.717, 1.165) is 22.7 Å². The first-order chi connectivity index (χ1) is 20.2. The molecule has 35 heavy (non-hydrogen) atoms. The van der Waals surface area contributed by atoms with Gasteiger partial charge in [0.25, 0.3) is 11.4 Å². The predicted molar refractivity (Wildman–Crippen MR) is 142 cm³/mol. The Balaban J connectivity index is 0.000000167. The number of aromatic nitrogens is 1. The van der Waals surface area contributed by atoms with E-state index in [4.69, 9.17) is 11.0 Å². The molecule has 1 aliphatic rings. The Kier molecular flexibility index (Phi) is 4.36. The van der Waals surface area contributed by atoms with Crippen LogP contribution in [0.2, 0.25) is 0 Å². The Morgan fingerprint density at radius 1 is 0.543 bits per heavy atom. The third kappa shape index (κ3) is 4.42. The van der Waals surface area contributed by atoms with Crippen molar-refractivity contribution in [2.45, 2.75) is 0 Å². The molecule has 2 heterocycles. The third-order valence-corrected chi connectivity index (χ3v) is 5.40. The van der Waals surface area contributed by atoms with Crippen molar-refractivity contribution >= 4 is 50.6 Å². The summed E-state index contributed by atoms with van der Waals surface area (Å²) in [5.41, 5.74) is 4.44. The Morgan fingerprint density at radius 2 is 0.943 bits per heavy atom. The standard InChI is InChI=1S/C19H14N2.C12H8N.Au/c1-3-9-16(10-4-1)20-15-21(17-11-5-2-6-12-17)19-14-8-7-13-18(19)20;1-3-7-11-9(5-1)10-6-2-4-8-12(10)13-11;/h1-14H;1-8H;/q+2;-1;+1/i;1D,2D,3D,4D,5D,6D,7D,8D;. The smallest absolute Gasteiger partial charge is 0.657 e. The van der Waals surface area contributed by atoms with Crippen LogP contribution in [-0.4, -0.2) is 6.01 Å². The second-order valence-corrected chi connectivity index (χ2v) is 7.49. The molecule has 7 rings (SSSR count). The molecule has 0 fully saturated rings. The van der Waals surface area contributed by atoms with Crippen molar-refractivity contribution in [3.8, 4) is 0 Å². The van der Waals surface area contributed by atoms with E-state index in [-0.39, 0.29) is 68.4 Å². The molecule has 0 bridgehead atoms. The zero-order chi connectivity index (χ0) is 29.7. The number of hydrogen-bond donors (Lipinski definition) is 0. The topological polar surface area (TPSA) is 20.1 Å². The Morgan fingerprint density at radius 3 is 1.40 bits per heavy atom. The summed E-state index contributed by atoms with van der Waals surface area (Å²) in [6.07, 6.45) is 0. The molecular weight excluding hydrogens is 611 g/mol. The fraction of sp³-hybridized carbons (Fsp3) is 0. The fourth-order valence-corrected chi connectivity index (χ4v) is 3.85. The summed E-state index contributed by atoms with van der Waals surface area (Å²) < 4.78 is 66.4. The van der Waals surface area contributed by atoms with Gasteiger partial charge < -0.3 is 4.98 Å². The minimum Gasteiger partial charge on any atom is -0.657 e. The van der Waals surface area contributed by atoms with E-state index < -0.39 is 24.2 Å². The van der Waals surface area contributed by atoms with Crippen LogP contribution in [0.1, 0.15) is 11.0 Å². The van der Waals surface area contributed by atoms with Crippen molar-refractivity contribution in [2.75, 3.05) is 0 Å². The fourth-order valence-electron chi connectivity index (χ4n) is 3.85. The maximum atomic E-state index is 7.93. The van der Waals surface area contributed by atoms with E-state index in [9.17, 15) is 0 Å². The van der Waals surface area contributed by atoms with Crippen LogP contribution in [0.15, 0.2) is 133 Å². The molecule has 1 aromatic heterocycles. The first kappa shape index (κ1) is 15.1. The summed E-state index contributed by atoms with van der Waals surface area (Å²) in [6, 6.07) is 29.3. The van der Waals surface area contributed by atoms with Crippen LogP contribution in [0.25, 0.3) is 21.8 Å². The first-order valence-corrected chi connectivity index (χ1v) is 10.7. The van der Waals surface area contributed by atoms with Crippen LogP contribution in [0, 0.1) is 0 Å². The average molecular weight is 642 g/mol. The van der Waals surface area contributed by atoms with Gasteiger partial charge in [0.1, 0.15) is 0 Å². The van der Waals surface area contributed by atoms with Gasteiger partial charge >= 0.3 is 28.4 Å². The van der Waals surface area contributed by atoms with Crippen molar-refractivity contribution in [3.63, 3.8) is 0 Å². The molecular formula is C31H22AuN3+2. The van der Waals surface area contributed by atoms with E-state index in [1.54, 1.807) is 0 Å². The quantitative estimate of drug-likeness (QED) is 0.142. The van der Waals surface area contributed by atoms with Crippen LogP contribution in [-0.2, 0) is 22.4 Å². The van der Waals surface area contributed by atoms with Gasteiger partial charge in [-0.1, -0.05) is 96.9 Å². The zero-order valence-corrected chi connectivity index (χ0v) is 20.4. The van der Waals surface area contributed by atoms with Gasteiger partial charge in [-0.15, -0.1) is 11.0 Å². The minimum atomic E-state index is -0.450. The second-order valence-electron chi connectivity index (χ2n) is 7.49. The van der Waals surface area contributed by atoms with Crippen molar-refractivity contribution in [1.82, 2.24) is 14.1 Å². The summed E-state index contributed by atoms with van der Waals surface area (Å²) in [5, 5.41) is 0.0611. The largest absolute Gasteiger partial charge is 1.00 e. The molecule has 0 N–H and O–H groups in total. The molecule has 0 saturated heterocycles. The van der Waals surface area contributed by atoms with Gasteiger partial charge in [-0.05, 0) is 19.9 Å². The Bertz CT molecular complexity index is 1960. The van der Waals surface area contributed by atoms with Gasteiger partial charge in [-0.2, -0.15) is 0 Å². The molecule has 3 nitrogen and oxygen atoms in total. The molecule has 1 aliphatic heterocycles. The molecule has 0 atom stereocenters. The summed E-state index contributed by atoms with van der Waals surface area (Å²) >= 11 is 0. The SMILES string of the molecule is C1=[N+](c2ccccc2)c2ccccc2[N+]=1c1ccccc1.[2H]c1c([2H])c([2H])c2c([n-]c3c([2H])c([2H])c([2H])c([2H])c32)c1[2H].[Au+]. The Labute approximate surface area is 231 Å². The number of rotatable bonds is 2. The van der Waals surface area contributed by atoms with E-state index in [2.05, 4.69) is 68.7 Å². The first-order valence-electron chi connectivity index (χ1n) is 14.7. The van der Waals surface area contributed by atoms with E-state index >= 15 is 0 Å². The maximum absolute atomic E-state index is 7.93. The van der Waals surface area contributed by atoms with Gasteiger partial charge in [-0.3, -0.25) is 0 Å². The maximum Gasteiger partial charge on any atom is 1.00 e. The van der Waals surface area contributed by atoms with Gasteiger partial charge in [0.05, 0.1) is 11.0 Å². The predicted octanol–water partition coefficient (Wildman–Crippen LogP) is 7.49. The monoisotopic (exact) mass is 641 g/mol. The average Bonchev–Trinajstić information content (AvgIpc) is 3.62. The van der Waals surface area contributed by atoms with Crippen molar-refractivity contribution in [1.29, 1.82) is 0 Å². The number of para-hydroxylation sites is 6. The zero-order valence-electron chi connectivity index (χ0n) is 26.2. The van der Waals surface area contributed by atoms with Crippen LogP contribution in [0.5, 0.6) is 0 Å². The Hall–Kier alpha value is -3.98. The van der Waals surface area contributed by atoms with Crippen LogP contribution >= 0.6 is 0 Å². The molecule has 0 radical (unpaired) electrons. The van der Waals surface area contributed by atoms with Gasteiger partial charge in [0.15, 0.2) is 0 Å². The summed E-state index contributed by atoms with van der Waals surface area (Å²) in [6.45, 7) is 0. The minimum absolute atomic E-state index is 0. The van der Waals surface area contributed by atoms with Gasteiger partial charge in [0, 0.05) is 36.4 Å². The van der Waals surface area contributed by atoms with Crippen LogP contribution in [0.4, 0.5) is 22.7 Å². The number of nitrogens with zero attached hydrogens (tertiary/aromatic N) is 3. The normalized spacial score (nSPS) is 14.9. The second kappa shape index (κ2) is 10.1. The van der Waals surface area contributed by atoms with Crippen molar-refractivity contribution < 1.29 is 33.3 Å². The number of fused-ring (bicyclic) bond motifs is 4.